The predicted octanol–water partition coefficient (Wildman–Crippen LogP) is 4.51. The molecule has 1 amide bonds. The molecule has 0 aliphatic carbocycles. The Balaban J connectivity index is 1.75. The van der Waals surface area contributed by atoms with Crippen molar-refractivity contribution in [1.29, 1.82) is 0 Å². The minimum absolute atomic E-state index is 0.198. The third kappa shape index (κ3) is 3.41. The molecule has 2 heterocycles. The molecule has 118 valence electrons. The summed E-state index contributed by atoms with van der Waals surface area (Å²) >= 11 is 12.0. The van der Waals surface area contributed by atoms with E-state index in [1.165, 1.54) is 11.2 Å². The van der Waals surface area contributed by atoms with E-state index in [0.29, 0.717) is 28.1 Å². The summed E-state index contributed by atoms with van der Waals surface area (Å²) in [5, 5.41) is 4.85. The van der Waals surface area contributed by atoms with Crippen molar-refractivity contribution < 1.29 is 13.7 Å². The predicted molar refractivity (Wildman–Crippen MR) is 86.5 cm³/mol. The summed E-state index contributed by atoms with van der Waals surface area (Å²) in [6.45, 7) is 0.331. The molecule has 0 fully saturated rings. The molecule has 2 aromatic heterocycles. The summed E-state index contributed by atoms with van der Waals surface area (Å²) in [6.07, 6.45) is 1.52. The first kappa shape index (κ1) is 15.6. The summed E-state index contributed by atoms with van der Waals surface area (Å²) in [6, 6.07) is 10.2. The average Bonchev–Trinajstić information content (AvgIpc) is 3.19. The smallest absolute Gasteiger partial charge is 0.276 e. The molecule has 0 saturated carbocycles. The van der Waals surface area contributed by atoms with Crippen molar-refractivity contribution in [3.05, 3.63) is 64.0 Å². The van der Waals surface area contributed by atoms with E-state index in [1.807, 2.05) is 0 Å². The Morgan fingerprint density at radius 1 is 1.22 bits per heavy atom. The van der Waals surface area contributed by atoms with Crippen LogP contribution in [0.5, 0.6) is 0 Å². The van der Waals surface area contributed by atoms with Gasteiger partial charge in [0.1, 0.15) is 0 Å². The first-order valence-electron chi connectivity index (χ1n) is 6.74. The maximum Gasteiger partial charge on any atom is 0.276 e. The van der Waals surface area contributed by atoms with Crippen LogP contribution in [0.4, 0.5) is 0 Å². The van der Waals surface area contributed by atoms with Crippen molar-refractivity contribution in [2.45, 2.75) is 6.54 Å². The lowest BCUT2D eigenvalue weighted by Crippen LogP contribution is -2.26. The molecular weight excluding hydrogens is 339 g/mol. The van der Waals surface area contributed by atoms with Gasteiger partial charge in [-0.15, -0.1) is 0 Å². The quantitative estimate of drug-likeness (QED) is 0.694. The van der Waals surface area contributed by atoms with E-state index in [-0.39, 0.29) is 11.6 Å². The van der Waals surface area contributed by atoms with Crippen molar-refractivity contribution in [2.75, 3.05) is 7.05 Å². The molecule has 0 saturated heterocycles. The van der Waals surface area contributed by atoms with Crippen molar-refractivity contribution >= 4 is 29.1 Å². The number of aromatic nitrogens is 1. The largest absolute Gasteiger partial charge is 0.461 e. The van der Waals surface area contributed by atoms with Gasteiger partial charge in [0.05, 0.1) is 6.26 Å². The van der Waals surface area contributed by atoms with Gasteiger partial charge in [-0.05, 0) is 29.8 Å². The number of amides is 1. The average molecular weight is 351 g/mol. The molecule has 3 aromatic rings. The lowest BCUT2D eigenvalue weighted by Gasteiger charge is -2.16. The van der Waals surface area contributed by atoms with E-state index in [9.17, 15) is 4.79 Å². The topological polar surface area (TPSA) is 59.5 Å². The van der Waals surface area contributed by atoms with Crippen LogP contribution in [0.3, 0.4) is 0 Å². The molecule has 0 aliphatic heterocycles. The van der Waals surface area contributed by atoms with Gasteiger partial charge in [-0.1, -0.05) is 34.4 Å². The Kier molecular flexibility index (Phi) is 4.41. The number of nitrogens with zero attached hydrogens (tertiary/aromatic N) is 2. The van der Waals surface area contributed by atoms with Gasteiger partial charge >= 0.3 is 0 Å². The van der Waals surface area contributed by atoms with Gasteiger partial charge in [-0.25, -0.2) is 0 Å². The molecule has 3 rings (SSSR count). The van der Waals surface area contributed by atoms with Crippen LogP contribution in [0.2, 0.25) is 10.0 Å². The van der Waals surface area contributed by atoms with E-state index >= 15 is 0 Å². The van der Waals surface area contributed by atoms with Gasteiger partial charge in [0.2, 0.25) is 5.76 Å². The van der Waals surface area contributed by atoms with Crippen molar-refractivity contribution in [1.82, 2.24) is 10.1 Å². The summed E-state index contributed by atoms with van der Waals surface area (Å²) < 4.78 is 10.3. The number of benzene rings is 1. The second-order valence-corrected chi connectivity index (χ2v) is 5.79. The SMILES string of the molecule is CN(Cc1ccc(Cl)cc1Cl)C(=O)c1cc(-c2ccco2)on1. The van der Waals surface area contributed by atoms with Crippen LogP contribution in [-0.2, 0) is 6.54 Å². The maximum absolute atomic E-state index is 12.4. The van der Waals surface area contributed by atoms with Crippen LogP contribution in [0.1, 0.15) is 16.1 Å². The van der Waals surface area contributed by atoms with Gasteiger partial charge in [-0.3, -0.25) is 4.79 Å². The van der Waals surface area contributed by atoms with Gasteiger partial charge in [-0.2, -0.15) is 0 Å². The van der Waals surface area contributed by atoms with E-state index in [4.69, 9.17) is 32.1 Å². The van der Waals surface area contributed by atoms with Gasteiger partial charge < -0.3 is 13.8 Å². The third-order valence-electron chi connectivity index (χ3n) is 3.26. The van der Waals surface area contributed by atoms with Crippen LogP contribution < -0.4 is 0 Å². The van der Waals surface area contributed by atoms with Crippen molar-refractivity contribution in [2.24, 2.45) is 0 Å². The number of carbonyl (C=O) groups is 1. The van der Waals surface area contributed by atoms with E-state index < -0.39 is 0 Å². The maximum atomic E-state index is 12.4. The molecule has 0 radical (unpaired) electrons. The first-order chi connectivity index (χ1) is 11.0. The fourth-order valence-electron chi connectivity index (χ4n) is 2.08. The molecular formula is C16H12Cl2N2O3. The zero-order valence-electron chi connectivity index (χ0n) is 12.1. The minimum Gasteiger partial charge on any atom is -0.461 e. The Bertz CT molecular complexity index is 828. The lowest BCUT2D eigenvalue weighted by atomic mass is 10.2. The minimum atomic E-state index is -0.280. The summed E-state index contributed by atoms with van der Waals surface area (Å²) in [4.78, 5) is 13.9. The first-order valence-corrected chi connectivity index (χ1v) is 7.50. The number of hydrogen-bond donors (Lipinski definition) is 0. The fourth-order valence-corrected chi connectivity index (χ4v) is 2.55. The molecule has 0 atom stereocenters. The summed E-state index contributed by atoms with van der Waals surface area (Å²) in [7, 11) is 1.66. The second kappa shape index (κ2) is 6.48. The van der Waals surface area contributed by atoms with Crippen molar-refractivity contribution in [3.8, 4) is 11.5 Å². The Morgan fingerprint density at radius 3 is 2.74 bits per heavy atom. The van der Waals surface area contributed by atoms with Crippen molar-refractivity contribution in [3.63, 3.8) is 0 Å². The zero-order valence-corrected chi connectivity index (χ0v) is 13.6. The highest BCUT2D eigenvalue weighted by Crippen LogP contribution is 2.24. The molecule has 0 bridgehead atoms. The van der Waals surface area contributed by atoms with E-state index in [2.05, 4.69) is 5.16 Å². The summed E-state index contributed by atoms with van der Waals surface area (Å²) in [5.74, 6) is 0.633. The number of furan rings is 1. The van der Waals surface area contributed by atoms with E-state index in [1.54, 1.807) is 43.4 Å². The second-order valence-electron chi connectivity index (χ2n) is 4.95. The zero-order chi connectivity index (χ0) is 16.4. The summed E-state index contributed by atoms with van der Waals surface area (Å²) in [5.41, 5.74) is 0.991. The lowest BCUT2D eigenvalue weighted by molar-refractivity contribution is 0.0775. The Hall–Kier alpha value is -2.24. The molecule has 7 heteroatoms. The highest BCUT2D eigenvalue weighted by Gasteiger charge is 2.19. The highest BCUT2D eigenvalue weighted by atomic mass is 35.5. The van der Waals surface area contributed by atoms with Gasteiger partial charge in [0.15, 0.2) is 11.5 Å². The molecule has 0 unspecified atom stereocenters. The normalized spacial score (nSPS) is 10.7. The third-order valence-corrected chi connectivity index (χ3v) is 3.85. The molecule has 0 spiro atoms. The molecule has 0 aliphatic rings. The number of halogens is 2. The van der Waals surface area contributed by atoms with Gasteiger partial charge in [0.25, 0.3) is 5.91 Å². The fraction of sp³-hybridized carbons (Fsp3) is 0.125. The molecule has 0 N–H and O–H groups in total. The Morgan fingerprint density at radius 2 is 2.04 bits per heavy atom. The number of hydrogen-bond acceptors (Lipinski definition) is 4. The molecule has 1 aromatic carbocycles. The van der Waals surface area contributed by atoms with E-state index in [0.717, 1.165) is 5.56 Å². The van der Waals surface area contributed by atoms with Crippen LogP contribution in [0.15, 0.2) is 51.6 Å². The number of rotatable bonds is 4. The standard InChI is InChI=1S/C16H12Cl2N2O3/c1-20(9-10-4-5-11(17)7-12(10)18)16(21)13-8-15(23-19-13)14-3-2-6-22-14/h2-8H,9H2,1H3. The Labute approximate surface area is 142 Å². The monoisotopic (exact) mass is 350 g/mol. The number of carbonyl (C=O) groups excluding carboxylic acids is 1. The van der Waals surface area contributed by atoms with Gasteiger partial charge in [0, 0.05) is 29.7 Å². The molecule has 5 nitrogen and oxygen atoms in total. The van der Waals surface area contributed by atoms with Crippen LogP contribution in [0, 0.1) is 0 Å². The van der Waals surface area contributed by atoms with Crippen LogP contribution in [0.25, 0.3) is 11.5 Å². The molecule has 23 heavy (non-hydrogen) atoms. The van der Waals surface area contributed by atoms with Crippen LogP contribution >= 0.6 is 23.2 Å². The highest BCUT2D eigenvalue weighted by molar-refractivity contribution is 6.35. The van der Waals surface area contributed by atoms with Crippen LogP contribution in [-0.4, -0.2) is 23.0 Å².